The van der Waals surface area contributed by atoms with E-state index in [1.54, 1.807) is 6.26 Å². The van der Waals surface area contributed by atoms with E-state index in [-0.39, 0.29) is 6.04 Å². The normalized spacial score (nSPS) is 14.4. The summed E-state index contributed by atoms with van der Waals surface area (Å²) in [5.74, 6) is 0.721. The minimum absolute atomic E-state index is 0.284. The number of benzene rings is 1. The Morgan fingerprint density at radius 2 is 2.25 bits per heavy atom. The van der Waals surface area contributed by atoms with Gasteiger partial charge in [0, 0.05) is 32.4 Å². The molecule has 2 unspecified atom stereocenters. The lowest BCUT2D eigenvalue weighted by atomic mass is 10.2. The van der Waals surface area contributed by atoms with Gasteiger partial charge in [-0.25, -0.2) is 0 Å². The first-order chi connectivity index (χ1) is 7.49. The van der Waals surface area contributed by atoms with Crippen molar-refractivity contribution in [1.82, 2.24) is 0 Å². The van der Waals surface area contributed by atoms with Crippen molar-refractivity contribution in [3.8, 4) is 0 Å². The van der Waals surface area contributed by atoms with Crippen LogP contribution in [0, 0.1) is 3.57 Å². The highest BCUT2D eigenvalue weighted by Crippen LogP contribution is 2.21. The fourth-order valence-electron chi connectivity index (χ4n) is 1.35. The molecule has 0 spiro atoms. The van der Waals surface area contributed by atoms with Crippen molar-refractivity contribution >= 4 is 44.8 Å². The van der Waals surface area contributed by atoms with Gasteiger partial charge in [0.2, 0.25) is 0 Å². The van der Waals surface area contributed by atoms with Gasteiger partial charge < -0.3 is 11.1 Å². The van der Waals surface area contributed by atoms with Gasteiger partial charge in [-0.05, 0) is 54.1 Å². The topological polar surface area (TPSA) is 55.1 Å². The third kappa shape index (κ3) is 4.69. The van der Waals surface area contributed by atoms with E-state index in [9.17, 15) is 4.21 Å². The van der Waals surface area contributed by atoms with Crippen LogP contribution in [0.25, 0.3) is 0 Å². The maximum absolute atomic E-state index is 11.0. The third-order valence-electron chi connectivity index (χ3n) is 2.25. The van der Waals surface area contributed by atoms with Crippen molar-refractivity contribution in [2.24, 2.45) is 0 Å². The van der Waals surface area contributed by atoms with Crippen LogP contribution in [-0.2, 0) is 10.8 Å². The number of halogens is 1. The predicted molar refractivity (Wildman–Crippen MR) is 80.2 cm³/mol. The molecule has 16 heavy (non-hydrogen) atoms. The molecule has 0 aromatic heterocycles. The lowest BCUT2D eigenvalue weighted by molar-refractivity contribution is 0.678. The number of hydrogen-bond acceptors (Lipinski definition) is 3. The minimum Gasteiger partial charge on any atom is -0.397 e. The van der Waals surface area contributed by atoms with E-state index in [4.69, 9.17) is 5.73 Å². The van der Waals surface area contributed by atoms with Crippen molar-refractivity contribution < 1.29 is 4.21 Å². The summed E-state index contributed by atoms with van der Waals surface area (Å²) in [6.07, 6.45) is 2.61. The molecule has 0 heterocycles. The lowest BCUT2D eigenvalue weighted by Gasteiger charge is -2.16. The van der Waals surface area contributed by atoms with E-state index in [0.717, 1.165) is 27.1 Å². The zero-order chi connectivity index (χ0) is 12.1. The van der Waals surface area contributed by atoms with Gasteiger partial charge in [-0.3, -0.25) is 4.21 Å². The number of anilines is 2. The minimum atomic E-state index is -0.726. The predicted octanol–water partition coefficient (Wildman–Crippen LogP) is 2.44. The molecule has 0 saturated carbocycles. The summed E-state index contributed by atoms with van der Waals surface area (Å²) in [5, 5.41) is 3.33. The second kappa shape index (κ2) is 6.44. The van der Waals surface area contributed by atoms with E-state index in [1.807, 2.05) is 18.2 Å². The van der Waals surface area contributed by atoms with Crippen molar-refractivity contribution in [2.45, 2.75) is 19.4 Å². The number of nitrogens with one attached hydrogen (secondary N) is 1. The highest BCUT2D eigenvalue weighted by atomic mass is 127. The summed E-state index contributed by atoms with van der Waals surface area (Å²) in [7, 11) is -0.726. The first-order valence-corrected chi connectivity index (χ1v) is 7.91. The number of hydrogen-bond donors (Lipinski definition) is 2. The summed E-state index contributed by atoms with van der Waals surface area (Å²) in [6.45, 7) is 2.07. The van der Waals surface area contributed by atoms with Gasteiger partial charge in [0.05, 0.1) is 11.4 Å². The SMILES string of the molecule is CC(CCS(C)=O)Nc1ccc(I)cc1N. The van der Waals surface area contributed by atoms with Crippen LogP contribution >= 0.6 is 22.6 Å². The molecule has 0 aliphatic rings. The zero-order valence-corrected chi connectivity index (χ0v) is 12.5. The van der Waals surface area contributed by atoms with Gasteiger partial charge in [-0.1, -0.05) is 0 Å². The summed E-state index contributed by atoms with van der Waals surface area (Å²) >= 11 is 2.23. The summed E-state index contributed by atoms with van der Waals surface area (Å²) in [4.78, 5) is 0. The van der Waals surface area contributed by atoms with E-state index in [2.05, 4.69) is 34.8 Å². The second-order valence-corrected chi connectivity index (χ2v) is 6.64. The molecule has 0 fully saturated rings. The van der Waals surface area contributed by atoms with Crippen LogP contribution < -0.4 is 11.1 Å². The van der Waals surface area contributed by atoms with E-state index >= 15 is 0 Å². The number of rotatable bonds is 5. The maximum atomic E-state index is 11.0. The van der Waals surface area contributed by atoms with Gasteiger partial charge >= 0.3 is 0 Å². The Kier molecular flexibility index (Phi) is 5.54. The molecule has 2 atom stereocenters. The smallest absolute Gasteiger partial charge is 0.0576 e. The maximum Gasteiger partial charge on any atom is 0.0576 e. The Balaban J connectivity index is 2.55. The molecule has 5 heteroatoms. The molecule has 0 amide bonds. The highest BCUT2D eigenvalue weighted by molar-refractivity contribution is 14.1. The van der Waals surface area contributed by atoms with Gasteiger partial charge in [-0.2, -0.15) is 0 Å². The monoisotopic (exact) mass is 352 g/mol. The van der Waals surface area contributed by atoms with Crippen LogP contribution in [0.2, 0.25) is 0 Å². The van der Waals surface area contributed by atoms with E-state index in [1.165, 1.54) is 0 Å². The van der Waals surface area contributed by atoms with Gasteiger partial charge in [0.1, 0.15) is 0 Å². The fourth-order valence-corrected chi connectivity index (χ4v) is 2.55. The zero-order valence-electron chi connectivity index (χ0n) is 9.50. The fraction of sp³-hybridized carbons (Fsp3) is 0.455. The van der Waals surface area contributed by atoms with E-state index < -0.39 is 10.8 Å². The quantitative estimate of drug-likeness (QED) is 0.632. The highest BCUT2D eigenvalue weighted by Gasteiger charge is 2.05. The molecule has 1 aromatic rings. The molecule has 1 rings (SSSR count). The average Bonchev–Trinajstić information content (AvgIpc) is 2.19. The molecule has 0 aliphatic carbocycles. The molecule has 0 bridgehead atoms. The molecule has 3 N–H and O–H groups in total. The van der Waals surface area contributed by atoms with Gasteiger partial charge in [-0.15, -0.1) is 0 Å². The molecule has 0 radical (unpaired) electrons. The Hall–Kier alpha value is -0.300. The molecule has 0 saturated heterocycles. The first-order valence-electron chi connectivity index (χ1n) is 5.10. The average molecular weight is 352 g/mol. The number of nitrogen functional groups attached to an aromatic ring is 1. The molecule has 1 aromatic carbocycles. The standard InChI is InChI=1S/C11H17IN2OS/c1-8(5-6-16(2)15)14-11-4-3-9(12)7-10(11)13/h3-4,7-8,14H,5-6,13H2,1-2H3. The number of nitrogens with two attached hydrogens (primary N) is 1. The van der Waals surface area contributed by atoms with Gasteiger partial charge in [0.15, 0.2) is 0 Å². The molecule has 3 nitrogen and oxygen atoms in total. The van der Waals surface area contributed by atoms with Crippen LogP contribution in [0.1, 0.15) is 13.3 Å². The summed E-state index contributed by atoms with van der Waals surface area (Å²) < 4.78 is 12.1. The first kappa shape index (κ1) is 13.8. The van der Waals surface area contributed by atoms with Crippen molar-refractivity contribution in [3.05, 3.63) is 21.8 Å². The van der Waals surface area contributed by atoms with Crippen molar-refractivity contribution in [2.75, 3.05) is 23.1 Å². The molecular formula is C11H17IN2OS. The van der Waals surface area contributed by atoms with Crippen LogP contribution in [0.15, 0.2) is 18.2 Å². The molecular weight excluding hydrogens is 335 g/mol. The van der Waals surface area contributed by atoms with Gasteiger partial charge in [0.25, 0.3) is 0 Å². The van der Waals surface area contributed by atoms with Crippen molar-refractivity contribution in [1.29, 1.82) is 0 Å². The molecule has 90 valence electrons. The second-order valence-electron chi connectivity index (χ2n) is 3.84. The Morgan fingerprint density at radius 3 is 2.81 bits per heavy atom. The summed E-state index contributed by atoms with van der Waals surface area (Å²) in [5.41, 5.74) is 7.61. The largest absolute Gasteiger partial charge is 0.397 e. The third-order valence-corrected chi connectivity index (χ3v) is 3.74. The summed E-state index contributed by atoms with van der Waals surface area (Å²) in [6, 6.07) is 6.22. The van der Waals surface area contributed by atoms with Crippen molar-refractivity contribution in [3.63, 3.8) is 0 Å². The van der Waals surface area contributed by atoms with Crippen LogP contribution in [0.5, 0.6) is 0 Å². The van der Waals surface area contributed by atoms with Crippen LogP contribution in [-0.4, -0.2) is 22.3 Å². The van der Waals surface area contributed by atoms with Crippen LogP contribution in [0.3, 0.4) is 0 Å². The van der Waals surface area contributed by atoms with E-state index in [0.29, 0.717) is 0 Å². The van der Waals surface area contributed by atoms with Crippen LogP contribution in [0.4, 0.5) is 11.4 Å². The Bertz CT molecular complexity index is 384. The Labute approximate surface area is 113 Å². The Morgan fingerprint density at radius 1 is 1.56 bits per heavy atom. The molecule has 0 aliphatic heterocycles. The lowest BCUT2D eigenvalue weighted by Crippen LogP contribution is -2.18.